The van der Waals surface area contributed by atoms with Gasteiger partial charge in [0, 0.05) is 31.4 Å². The molecule has 1 unspecified atom stereocenters. The first-order valence-corrected chi connectivity index (χ1v) is 9.28. The van der Waals surface area contributed by atoms with Gasteiger partial charge in [-0.15, -0.1) is 0 Å². The molecule has 0 radical (unpaired) electrons. The highest BCUT2D eigenvalue weighted by molar-refractivity contribution is 5.78. The maximum absolute atomic E-state index is 12.3. The van der Waals surface area contributed by atoms with Crippen LogP contribution in [0.1, 0.15) is 44.6 Å². The number of hydrogen-bond acceptors (Lipinski definition) is 5. The molecule has 1 aliphatic carbocycles. The number of nitriles is 1. The van der Waals surface area contributed by atoms with Gasteiger partial charge in [-0.3, -0.25) is 4.79 Å². The van der Waals surface area contributed by atoms with E-state index in [2.05, 4.69) is 28.6 Å². The first kappa shape index (κ1) is 17.7. The fourth-order valence-electron chi connectivity index (χ4n) is 3.90. The van der Waals surface area contributed by atoms with Crippen molar-refractivity contribution in [1.29, 1.82) is 5.26 Å². The lowest BCUT2D eigenvalue weighted by Gasteiger charge is -2.23. The minimum atomic E-state index is 0.244. The number of aromatic nitrogens is 1. The summed E-state index contributed by atoms with van der Waals surface area (Å²) in [5, 5.41) is 15.6. The summed E-state index contributed by atoms with van der Waals surface area (Å²) in [5.74, 6) is 1.65. The van der Waals surface area contributed by atoms with Gasteiger partial charge in [0.1, 0.15) is 11.9 Å². The molecule has 1 aromatic rings. The molecule has 134 valence electrons. The van der Waals surface area contributed by atoms with Crippen LogP contribution in [0, 0.1) is 17.2 Å². The number of anilines is 1. The predicted octanol–water partition coefficient (Wildman–Crippen LogP) is 2.13. The van der Waals surface area contributed by atoms with Crippen LogP contribution < -0.4 is 10.6 Å². The fraction of sp³-hybridized carbons (Fsp3) is 0.632. The van der Waals surface area contributed by atoms with Crippen LogP contribution in [-0.4, -0.2) is 47.5 Å². The minimum absolute atomic E-state index is 0.244. The Bertz CT molecular complexity index is 624. The quantitative estimate of drug-likeness (QED) is 0.828. The Balaban J connectivity index is 1.36. The zero-order valence-corrected chi connectivity index (χ0v) is 14.9. The Morgan fingerprint density at radius 2 is 2.28 bits per heavy atom. The number of carbonyl (C=O) groups excluding carboxylic acids is 1. The van der Waals surface area contributed by atoms with E-state index >= 15 is 0 Å². The summed E-state index contributed by atoms with van der Waals surface area (Å²) in [6.45, 7) is 4.40. The van der Waals surface area contributed by atoms with Crippen LogP contribution in [0.4, 0.5) is 5.82 Å². The molecule has 2 heterocycles. The Morgan fingerprint density at radius 3 is 2.96 bits per heavy atom. The standard InChI is InChI=1S/C19H27N5O/c1-14-3-2-8-24(14)19(25)13-21-17-6-4-15(9-17)11-22-18-7-5-16(10-20)12-23-18/h5,7,12,14-15,17,21H,2-4,6,8-9,11,13H2,1H3,(H,22,23)/t14-,15?,17-/m1/s1. The fourth-order valence-corrected chi connectivity index (χ4v) is 3.90. The van der Waals surface area contributed by atoms with Gasteiger partial charge in [-0.25, -0.2) is 4.98 Å². The van der Waals surface area contributed by atoms with E-state index < -0.39 is 0 Å². The molecule has 1 saturated heterocycles. The minimum Gasteiger partial charge on any atom is -0.370 e. The highest BCUT2D eigenvalue weighted by Gasteiger charge is 2.28. The average molecular weight is 341 g/mol. The average Bonchev–Trinajstić information content (AvgIpc) is 3.27. The number of nitrogens with zero attached hydrogens (tertiary/aromatic N) is 3. The van der Waals surface area contributed by atoms with E-state index in [4.69, 9.17) is 5.26 Å². The van der Waals surface area contributed by atoms with E-state index in [-0.39, 0.29) is 5.91 Å². The van der Waals surface area contributed by atoms with Crippen molar-refractivity contribution in [3.8, 4) is 6.07 Å². The summed E-state index contributed by atoms with van der Waals surface area (Å²) in [7, 11) is 0. The molecule has 0 aromatic carbocycles. The van der Waals surface area contributed by atoms with E-state index in [1.54, 1.807) is 12.3 Å². The van der Waals surface area contributed by atoms with Crippen molar-refractivity contribution in [2.75, 3.05) is 25.0 Å². The normalized spacial score (nSPS) is 25.8. The summed E-state index contributed by atoms with van der Waals surface area (Å²) >= 11 is 0. The van der Waals surface area contributed by atoms with Crippen LogP contribution in [0.5, 0.6) is 0 Å². The molecule has 6 heteroatoms. The van der Waals surface area contributed by atoms with Crippen LogP contribution in [-0.2, 0) is 4.79 Å². The number of hydrogen-bond donors (Lipinski definition) is 2. The molecule has 2 fully saturated rings. The number of nitrogens with one attached hydrogen (secondary N) is 2. The second-order valence-corrected chi connectivity index (χ2v) is 7.26. The molecule has 2 aliphatic rings. The Labute approximate surface area is 149 Å². The third kappa shape index (κ3) is 4.70. The Morgan fingerprint density at radius 1 is 1.40 bits per heavy atom. The number of pyridine rings is 1. The molecule has 6 nitrogen and oxygen atoms in total. The lowest BCUT2D eigenvalue weighted by Crippen LogP contribution is -2.42. The van der Waals surface area contributed by atoms with Crippen molar-refractivity contribution in [3.05, 3.63) is 23.9 Å². The van der Waals surface area contributed by atoms with Crippen molar-refractivity contribution >= 4 is 11.7 Å². The molecule has 1 aliphatic heterocycles. The lowest BCUT2D eigenvalue weighted by atomic mass is 10.1. The van der Waals surface area contributed by atoms with Gasteiger partial charge >= 0.3 is 0 Å². The summed E-state index contributed by atoms with van der Waals surface area (Å²) < 4.78 is 0. The molecule has 1 amide bonds. The number of amides is 1. The van der Waals surface area contributed by atoms with Crippen LogP contribution in [0.2, 0.25) is 0 Å². The van der Waals surface area contributed by atoms with Crippen molar-refractivity contribution < 1.29 is 4.79 Å². The monoisotopic (exact) mass is 341 g/mol. The van der Waals surface area contributed by atoms with Gasteiger partial charge in [0.25, 0.3) is 0 Å². The molecule has 2 N–H and O–H groups in total. The van der Waals surface area contributed by atoms with Gasteiger partial charge in [0.15, 0.2) is 0 Å². The van der Waals surface area contributed by atoms with Crippen LogP contribution >= 0.6 is 0 Å². The largest absolute Gasteiger partial charge is 0.370 e. The summed E-state index contributed by atoms with van der Waals surface area (Å²) in [6, 6.07) is 6.53. The second kappa shape index (κ2) is 8.30. The van der Waals surface area contributed by atoms with E-state index in [1.807, 2.05) is 11.0 Å². The van der Waals surface area contributed by atoms with Crippen molar-refractivity contribution in [2.24, 2.45) is 5.92 Å². The van der Waals surface area contributed by atoms with Crippen LogP contribution in [0.25, 0.3) is 0 Å². The highest BCUT2D eigenvalue weighted by Crippen LogP contribution is 2.26. The predicted molar refractivity (Wildman–Crippen MR) is 97.0 cm³/mol. The topological polar surface area (TPSA) is 81.0 Å². The summed E-state index contributed by atoms with van der Waals surface area (Å²) in [5.41, 5.74) is 0.577. The second-order valence-electron chi connectivity index (χ2n) is 7.26. The zero-order valence-electron chi connectivity index (χ0n) is 14.9. The Kier molecular flexibility index (Phi) is 5.87. The maximum Gasteiger partial charge on any atom is 0.236 e. The van der Waals surface area contributed by atoms with Crippen LogP contribution in [0.3, 0.4) is 0 Å². The third-order valence-electron chi connectivity index (χ3n) is 5.42. The Hall–Kier alpha value is -2.13. The van der Waals surface area contributed by atoms with E-state index in [0.29, 0.717) is 30.1 Å². The van der Waals surface area contributed by atoms with Gasteiger partial charge in [0.05, 0.1) is 12.1 Å². The van der Waals surface area contributed by atoms with Gasteiger partial charge < -0.3 is 15.5 Å². The van der Waals surface area contributed by atoms with Gasteiger partial charge in [0.2, 0.25) is 5.91 Å². The highest BCUT2D eigenvalue weighted by atomic mass is 16.2. The van der Waals surface area contributed by atoms with Gasteiger partial charge in [-0.2, -0.15) is 5.26 Å². The number of rotatable bonds is 6. The third-order valence-corrected chi connectivity index (χ3v) is 5.42. The molecule has 3 atom stereocenters. The molecule has 0 bridgehead atoms. The van der Waals surface area contributed by atoms with E-state index in [9.17, 15) is 4.79 Å². The molecule has 1 saturated carbocycles. The van der Waals surface area contributed by atoms with Crippen molar-refractivity contribution in [1.82, 2.24) is 15.2 Å². The van der Waals surface area contributed by atoms with E-state index in [1.165, 1.54) is 0 Å². The smallest absolute Gasteiger partial charge is 0.236 e. The first-order valence-electron chi connectivity index (χ1n) is 9.28. The molecule has 3 rings (SSSR count). The summed E-state index contributed by atoms with van der Waals surface area (Å²) in [6.07, 6.45) is 7.23. The van der Waals surface area contributed by atoms with Crippen molar-refractivity contribution in [2.45, 2.75) is 51.1 Å². The van der Waals surface area contributed by atoms with Gasteiger partial charge in [-0.1, -0.05) is 0 Å². The summed E-state index contributed by atoms with van der Waals surface area (Å²) in [4.78, 5) is 18.5. The number of carbonyl (C=O) groups is 1. The van der Waals surface area contributed by atoms with Gasteiger partial charge in [-0.05, 0) is 57.1 Å². The van der Waals surface area contributed by atoms with E-state index in [0.717, 1.165) is 51.0 Å². The SMILES string of the molecule is C[C@@H]1CCCN1C(=O)CN[C@@H]1CCC(CNc2ccc(C#N)cn2)C1. The molecule has 25 heavy (non-hydrogen) atoms. The molecule has 0 spiro atoms. The lowest BCUT2D eigenvalue weighted by molar-refractivity contribution is -0.130. The first-order chi connectivity index (χ1) is 12.2. The molecule has 1 aromatic heterocycles. The van der Waals surface area contributed by atoms with Crippen LogP contribution in [0.15, 0.2) is 18.3 Å². The zero-order chi connectivity index (χ0) is 17.6. The molecular formula is C19H27N5O. The molecular weight excluding hydrogens is 314 g/mol. The maximum atomic E-state index is 12.3. The van der Waals surface area contributed by atoms with Crippen molar-refractivity contribution in [3.63, 3.8) is 0 Å². The number of likely N-dealkylation sites (tertiary alicyclic amines) is 1.